The van der Waals surface area contributed by atoms with Crippen molar-refractivity contribution < 1.29 is 13.2 Å². The Morgan fingerprint density at radius 2 is 1.57 bits per heavy atom. The van der Waals surface area contributed by atoms with Gasteiger partial charge in [0.05, 0.1) is 0 Å². The van der Waals surface area contributed by atoms with Crippen molar-refractivity contribution in [1.82, 2.24) is 24.9 Å². The van der Waals surface area contributed by atoms with E-state index in [1.165, 1.54) is 11.8 Å². The fourth-order valence-corrected chi connectivity index (χ4v) is 3.66. The minimum atomic E-state index is -4.17. The van der Waals surface area contributed by atoms with Crippen molar-refractivity contribution in [2.24, 2.45) is 10.9 Å². The number of hydrogen-bond donors (Lipinski definition) is 1. The van der Waals surface area contributed by atoms with Crippen molar-refractivity contribution in [3.8, 4) is 0 Å². The quantitative estimate of drug-likeness (QED) is 0.339. The number of guanidine groups is 1. The molecule has 166 valence electrons. The molecule has 0 aromatic heterocycles. The van der Waals surface area contributed by atoms with Gasteiger partial charge in [0.15, 0.2) is 5.96 Å². The molecule has 0 spiro atoms. The number of piperazine rings is 2. The summed E-state index contributed by atoms with van der Waals surface area (Å²) in [5, 5.41) is 3.41. The largest absolute Gasteiger partial charge is 0.403 e. The van der Waals surface area contributed by atoms with Crippen LogP contribution in [0.15, 0.2) is 4.99 Å². The summed E-state index contributed by atoms with van der Waals surface area (Å²) in [6, 6.07) is -1.39. The van der Waals surface area contributed by atoms with Gasteiger partial charge in [-0.3, -0.25) is 9.89 Å². The van der Waals surface area contributed by atoms with Crippen molar-refractivity contribution in [2.45, 2.75) is 26.1 Å². The molecule has 0 aromatic rings. The minimum Gasteiger partial charge on any atom is -0.356 e. The maximum absolute atomic E-state index is 12.9. The molecule has 2 fully saturated rings. The molecule has 0 aromatic carbocycles. The first-order chi connectivity index (χ1) is 12.7. The lowest BCUT2D eigenvalue weighted by atomic mass is 10.1. The molecule has 28 heavy (non-hydrogen) atoms. The summed E-state index contributed by atoms with van der Waals surface area (Å²) in [6.45, 7) is 11.7. The lowest BCUT2D eigenvalue weighted by Gasteiger charge is -2.40. The SMILES string of the molecule is CN=C(NCC(C)CN1CCN(C)CC1)N1CCN(C(C)C(F)(F)F)CC1.I. The molecule has 0 saturated carbocycles. The average molecular weight is 520 g/mol. The van der Waals surface area contributed by atoms with E-state index in [0.29, 0.717) is 32.1 Å². The molecule has 2 aliphatic heterocycles. The molecular weight excluding hydrogens is 484 g/mol. The number of nitrogens with zero attached hydrogens (tertiary/aromatic N) is 5. The Labute approximate surface area is 184 Å². The second kappa shape index (κ2) is 11.8. The summed E-state index contributed by atoms with van der Waals surface area (Å²) in [5.41, 5.74) is 0. The second-order valence-corrected chi connectivity index (χ2v) is 7.88. The average Bonchev–Trinajstić information content (AvgIpc) is 2.63. The zero-order valence-electron chi connectivity index (χ0n) is 17.5. The van der Waals surface area contributed by atoms with Crippen molar-refractivity contribution in [1.29, 1.82) is 0 Å². The van der Waals surface area contributed by atoms with Gasteiger partial charge in [0.1, 0.15) is 6.04 Å². The number of nitrogens with one attached hydrogen (secondary N) is 1. The third-order valence-electron chi connectivity index (χ3n) is 5.62. The predicted molar refractivity (Wildman–Crippen MR) is 119 cm³/mol. The Hall–Kier alpha value is -0.330. The van der Waals surface area contributed by atoms with E-state index >= 15 is 0 Å². The predicted octanol–water partition coefficient (Wildman–Crippen LogP) is 1.63. The Morgan fingerprint density at radius 3 is 2.07 bits per heavy atom. The van der Waals surface area contributed by atoms with E-state index in [4.69, 9.17) is 0 Å². The Kier molecular flexibility index (Phi) is 10.8. The molecule has 0 aliphatic carbocycles. The van der Waals surface area contributed by atoms with Crippen LogP contribution in [0, 0.1) is 5.92 Å². The molecule has 0 radical (unpaired) electrons. The molecule has 10 heteroatoms. The molecular formula is C18H36F3IN6. The first-order valence-electron chi connectivity index (χ1n) is 9.88. The minimum absolute atomic E-state index is 0. The van der Waals surface area contributed by atoms with Crippen LogP contribution in [-0.2, 0) is 0 Å². The molecule has 6 nitrogen and oxygen atoms in total. The van der Waals surface area contributed by atoms with Crippen LogP contribution >= 0.6 is 24.0 Å². The standard InChI is InChI=1S/C18H35F3N6.HI/c1-15(14-25-7-5-24(4)6-8-25)13-23-17(22-3)27-11-9-26(10-12-27)16(2)18(19,20)21;/h15-16H,5-14H2,1-4H3,(H,22,23);1H. The fourth-order valence-electron chi connectivity index (χ4n) is 3.66. The van der Waals surface area contributed by atoms with Gasteiger partial charge in [-0.05, 0) is 19.9 Å². The summed E-state index contributed by atoms with van der Waals surface area (Å²) in [5.74, 6) is 1.27. The van der Waals surface area contributed by atoms with Crippen LogP contribution in [0.4, 0.5) is 13.2 Å². The van der Waals surface area contributed by atoms with Crippen LogP contribution in [0.1, 0.15) is 13.8 Å². The van der Waals surface area contributed by atoms with Crippen molar-refractivity contribution in [3.63, 3.8) is 0 Å². The fraction of sp³-hybridized carbons (Fsp3) is 0.944. The number of rotatable bonds is 5. The van der Waals surface area contributed by atoms with Gasteiger partial charge in [0, 0.05) is 72.5 Å². The van der Waals surface area contributed by atoms with Crippen molar-refractivity contribution in [2.75, 3.05) is 79.5 Å². The maximum Gasteiger partial charge on any atom is 0.403 e. The normalized spacial score (nSPS) is 23.2. The van der Waals surface area contributed by atoms with E-state index in [1.807, 2.05) is 0 Å². The highest BCUT2D eigenvalue weighted by Gasteiger charge is 2.41. The summed E-state index contributed by atoms with van der Waals surface area (Å²) >= 11 is 0. The summed E-state index contributed by atoms with van der Waals surface area (Å²) in [4.78, 5) is 12.7. The van der Waals surface area contributed by atoms with Crippen molar-refractivity contribution >= 4 is 29.9 Å². The van der Waals surface area contributed by atoms with Crippen LogP contribution in [-0.4, -0.2) is 117 Å². The van der Waals surface area contributed by atoms with E-state index < -0.39 is 12.2 Å². The Morgan fingerprint density at radius 1 is 1.00 bits per heavy atom. The first-order valence-corrected chi connectivity index (χ1v) is 9.88. The highest BCUT2D eigenvalue weighted by atomic mass is 127. The number of halogens is 4. The van der Waals surface area contributed by atoms with Gasteiger partial charge in [-0.1, -0.05) is 6.92 Å². The lowest BCUT2D eigenvalue weighted by Crippen LogP contribution is -2.57. The molecule has 1 N–H and O–H groups in total. The zero-order chi connectivity index (χ0) is 20.0. The van der Waals surface area contributed by atoms with E-state index in [2.05, 4.69) is 39.0 Å². The van der Waals surface area contributed by atoms with Crippen LogP contribution in [0.5, 0.6) is 0 Å². The van der Waals surface area contributed by atoms with E-state index in [0.717, 1.165) is 45.2 Å². The van der Waals surface area contributed by atoms with Gasteiger partial charge in [-0.2, -0.15) is 13.2 Å². The first kappa shape index (κ1) is 25.7. The summed E-state index contributed by atoms with van der Waals surface area (Å²) in [7, 11) is 3.89. The van der Waals surface area contributed by atoms with Crippen LogP contribution < -0.4 is 5.32 Å². The van der Waals surface area contributed by atoms with E-state index in [9.17, 15) is 13.2 Å². The highest BCUT2D eigenvalue weighted by molar-refractivity contribution is 14.0. The monoisotopic (exact) mass is 520 g/mol. The van der Waals surface area contributed by atoms with Gasteiger partial charge >= 0.3 is 6.18 Å². The van der Waals surface area contributed by atoms with Crippen LogP contribution in [0.3, 0.4) is 0 Å². The topological polar surface area (TPSA) is 37.4 Å². The molecule has 2 aliphatic rings. The number of aliphatic imine (C=N–C) groups is 1. The number of likely N-dealkylation sites (N-methyl/N-ethyl adjacent to an activating group) is 1. The highest BCUT2D eigenvalue weighted by Crippen LogP contribution is 2.25. The molecule has 2 atom stereocenters. The Balaban J connectivity index is 0.00000392. The summed E-state index contributed by atoms with van der Waals surface area (Å²) in [6.07, 6.45) is -4.17. The lowest BCUT2D eigenvalue weighted by molar-refractivity contribution is -0.181. The van der Waals surface area contributed by atoms with Crippen molar-refractivity contribution in [3.05, 3.63) is 0 Å². The second-order valence-electron chi connectivity index (χ2n) is 7.88. The smallest absolute Gasteiger partial charge is 0.356 e. The molecule has 0 amide bonds. The molecule has 2 rings (SSSR count). The van der Waals surface area contributed by atoms with E-state index in [-0.39, 0.29) is 24.0 Å². The van der Waals surface area contributed by atoms with Gasteiger partial charge in [-0.25, -0.2) is 0 Å². The van der Waals surface area contributed by atoms with Gasteiger partial charge in [-0.15, -0.1) is 24.0 Å². The van der Waals surface area contributed by atoms with E-state index in [1.54, 1.807) is 7.05 Å². The van der Waals surface area contributed by atoms with Crippen LogP contribution in [0.25, 0.3) is 0 Å². The van der Waals surface area contributed by atoms with Gasteiger partial charge in [0.2, 0.25) is 0 Å². The van der Waals surface area contributed by atoms with Gasteiger partial charge in [0.25, 0.3) is 0 Å². The summed E-state index contributed by atoms with van der Waals surface area (Å²) < 4.78 is 38.6. The maximum atomic E-state index is 12.9. The van der Waals surface area contributed by atoms with Crippen LogP contribution in [0.2, 0.25) is 0 Å². The molecule has 2 unspecified atom stereocenters. The molecule has 0 bridgehead atoms. The Bertz CT molecular complexity index is 474. The molecule has 2 saturated heterocycles. The number of hydrogen-bond acceptors (Lipinski definition) is 4. The third-order valence-corrected chi connectivity index (χ3v) is 5.62. The zero-order valence-corrected chi connectivity index (χ0v) is 19.8. The number of alkyl halides is 3. The molecule has 2 heterocycles. The third kappa shape index (κ3) is 7.83. The van der Waals surface area contributed by atoms with Gasteiger partial charge < -0.3 is 20.0 Å².